The largest absolute Gasteiger partial charge is 0.483 e. The molecule has 0 aliphatic carbocycles. The van der Waals surface area contributed by atoms with Crippen molar-refractivity contribution in [2.45, 2.75) is 0 Å². The van der Waals surface area contributed by atoms with Gasteiger partial charge in [-0.25, -0.2) is 4.79 Å². The van der Waals surface area contributed by atoms with Crippen LogP contribution in [0.1, 0.15) is 20.7 Å². The molecule has 2 aromatic rings. The maximum atomic E-state index is 12.2. The van der Waals surface area contributed by atoms with Crippen LogP contribution in [0.25, 0.3) is 0 Å². The lowest BCUT2D eigenvalue weighted by molar-refractivity contribution is -0.123. The number of hydrogen-bond donors (Lipinski definition) is 3. The number of esters is 1. The standard InChI is InChI=1S/C18H15BrClN3O5S/c1-27-17(26)11-4-2-3-10(7-11)16(25)21-18(29)23-22-15(24)9-28-14-6-5-12(20)8-13(14)19/h2-8H,9H2,1H3,(H,22,24)(H2,21,23,25,29). The smallest absolute Gasteiger partial charge is 0.337 e. The van der Waals surface area contributed by atoms with Gasteiger partial charge in [0.05, 0.1) is 17.1 Å². The quantitative estimate of drug-likeness (QED) is 0.329. The SMILES string of the molecule is COC(=O)c1cccc(C(=O)NC(=S)NNC(=O)COc2ccc(Cl)cc2Br)c1. The highest BCUT2D eigenvalue weighted by Gasteiger charge is 2.12. The second kappa shape index (κ2) is 10.7. The molecular weight excluding hydrogens is 486 g/mol. The lowest BCUT2D eigenvalue weighted by Gasteiger charge is -2.12. The van der Waals surface area contributed by atoms with Gasteiger partial charge in [-0.3, -0.25) is 25.8 Å². The Labute approximate surface area is 185 Å². The van der Waals surface area contributed by atoms with E-state index in [9.17, 15) is 14.4 Å². The Morgan fingerprint density at radius 1 is 1.10 bits per heavy atom. The molecule has 2 amide bonds. The van der Waals surface area contributed by atoms with Crippen molar-refractivity contribution < 1.29 is 23.9 Å². The van der Waals surface area contributed by atoms with Crippen LogP contribution in [-0.2, 0) is 9.53 Å². The molecule has 0 saturated heterocycles. The van der Waals surface area contributed by atoms with Gasteiger partial charge in [0.1, 0.15) is 5.75 Å². The van der Waals surface area contributed by atoms with Crippen molar-refractivity contribution in [2.75, 3.05) is 13.7 Å². The Bertz CT molecular complexity index is 957. The van der Waals surface area contributed by atoms with Crippen molar-refractivity contribution in [3.8, 4) is 5.75 Å². The number of nitrogens with one attached hydrogen (secondary N) is 3. The summed E-state index contributed by atoms with van der Waals surface area (Å²) in [5, 5.41) is 2.76. The number of carbonyl (C=O) groups excluding carboxylic acids is 3. The maximum absolute atomic E-state index is 12.2. The zero-order valence-corrected chi connectivity index (χ0v) is 18.1. The van der Waals surface area contributed by atoms with Crippen LogP contribution in [-0.4, -0.2) is 36.6 Å². The summed E-state index contributed by atoms with van der Waals surface area (Å²) in [6, 6.07) is 10.8. The van der Waals surface area contributed by atoms with Crippen molar-refractivity contribution in [1.82, 2.24) is 16.2 Å². The molecule has 0 aliphatic rings. The van der Waals surface area contributed by atoms with Gasteiger partial charge in [0.25, 0.3) is 11.8 Å². The van der Waals surface area contributed by atoms with Gasteiger partial charge in [-0.1, -0.05) is 17.7 Å². The Hall–Kier alpha value is -2.69. The van der Waals surface area contributed by atoms with E-state index < -0.39 is 17.8 Å². The minimum atomic E-state index is -0.570. The molecule has 0 heterocycles. The molecule has 0 fully saturated rings. The van der Waals surface area contributed by atoms with E-state index in [1.807, 2.05) is 0 Å². The summed E-state index contributed by atoms with van der Waals surface area (Å²) in [5.41, 5.74) is 5.09. The lowest BCUT2D eigenvalue weighted by atomic mass is 10.1. The minimum absolute atomic E-state index is 0.139. The molecule has 0 saturated carbocycles. The molecular formula is C18H15BrClN3O5S. The molecule has 0 aliphatic heterocycles. The van der Waals surface area contributed by atoms with Crippen molar-refractivity contribution in [2.24, 2.45) is 0 Å². The lowest BCUT2D eigenvalue weighted by Crippen LogP contribution is -2.49. The minimum Gasteiger partial charge on any atom is -0.483 e. The van der Waals surface area contributed by atoms with Crippen LogP contribution in [0.5, 0.6) is 5.75 Å². The van der Waals surface area contributed by atoms with Gasteiger partial charge in [0, 0.05) is 10.6 Å². The molecule has 0 atom stereocenters. The number of amides is 2. The summed E-state index contributed by atoms with van der Waals surface area (Å²) in [7, 11) is 1.24. The summed E-state index contributed by atoms with van der Waals surface area (Å²) in [4.78, 5) is 35.6. The van der Waals surface area contributed by atoms with Gasteiger partial charge < -0.3 is 9.47 Å². The zero-order valence-electron chi connectivity index (χ0n) is 15.0. The van der Waals surface area contributed by atoms with Crippen LogP contribution in [0.15, 0.2) is 46.9 Å². The number of hydrogen-bond acceptors (Lipinski definition) is 6. The normalized spacial score (nSPS) is 9.90. The van der Waals surface area contributed by atoms with Gasteiger partial charge in [-0.15, -0.1) is 0 Å². The first kappa shape index (κ1) is 22.6. The van der Waals surface area contributed by atoms with E-state index in [1.54, 1.807) is 18.2 Å². The predicted molar refractivity (Wildman–Crippen MR) is 114 cm³/mol. The van der Waals surface area contributed by atoms with Gasteiger partial charge in [-0.05, 0) is 64.5 Å². The number of halogens is 2. The highest BCUT2D eigenvalue weighted by molar-refractivity contribution is 9.10. The third kappa shape index (κ3) is 7.00. The van der Waals surface area contributed by atoms with Crippen molar-refractivity contribution in [3.05, 3.63) is 63.1 Å². The summed E-state index contributed by atoms with van der Waals surface area (Å²) in [6.07, 6.45) is 0. The van der Waals surface area contributed by atoms with Gasteiger partial charge in [0.2, 0.25) is 0 Å². The number of hydrazine groups is 1. The first-order chi connectivity index (χ1) is 13.8. The Morgan fingerprint density at radius 3 is 2.52 bits per heavy atom. The van der Waals surface area contributed by atoms with E-state index in [2.05, 4.69) is 36.8 Å². The molecule has 8 nitrogen and oxygen atoms in total. The van der Waals surface area contributed by atoms with Crippen LogP contribution in [0.3, 0.4) is 0 Å². The fourth-order valence-corrected chi connectivity index (χ4v) is 2.95. The Balaban J connectivity index is 1.81. The average molecular weight is 501 g/mol. The predicted octanol–water partition coefficient (Wildman–Crippen LogP) is 2.60. The number of thiocarbonyl (C=S) groups is 1. The first-order valence-electron chi connectivity index (χ1n) is 7.96. The second-order valence-corrected chi connectivity index (χ2v) is 7.09. The van der Waals surface area contributed by atoms with Crippen molar-refractivity contribution >= 4 is 62.6 Å². The van der Waals surface area contributed by atoms with Crippen molar-refractivity contribution in [3.63, 3.8) is 0 Å². The van der Waals surface area contributed by atoms with Crippen LogP contribution in [0, 0.1) is 0 Å². The van der Waals surface area contributed by atoms with E-state index in [0.717, 1.165) is 0 Å². The second-order valence-electron chi connectivity index (χ2n) is 5.39. The number of ether oxygens (including phenoxy) is 2. The maximum Gasteiger partial charge on any atom is 0.337 e. The zero-order chi connectivity index (χ0) is 21.4. The van der Waals surface area contributed by atoms with E-state index in [-0.39, 0.29) is 22.8 Å². The first-order valence-corrected chi connectivity index (χ1v) is 9.54. The van der Waals surface area contributed by atoms with Gasteiger partial charge in [0.15, 0.2) is 11.7 Å². The number of rotatable bonds is 5. The fourth-order valence-electron chi connectivity index (χ4n) is 2.01. The topological polar surface area (TPSA) is 106 Å². The number of carbonyl (C=O) groups is 3. The highest BCUT2D eigenvalue weighted by atomic mass is 79.9. The van der Waals surface area contributed by atoms with Crippen LogP contribution >= 0.6 is 39.7 Å². The van der Waals surface area contributed by atoms with E-state index in [0.29, 0.717) is 15.2 Å². The highest BCUT2D eigenvalue weighted by Crippen LogP contribution is 2.27. The number of methoxy groups -OCH3 is 1. The molecule has 0 unspecified atom stereocenters. The molecule has 2 rings (SSSR count). The summed E-state index contributed by atoms with van der Waals surface area (Å²) in [6.45, 7) is -0.301. The fraction of sp³-hybridized carbons (Fsp3) is 0.111. The van der Waals surface area contributed by atoms with Gasteiger partial charge in [-0.2, -0.15) is 0 Å². The van der Waals surface area contributed by atoms with E-state index >= 15 is 0 Å². The Kier molecular flexibility index (Phi) is 8.37. The molecule has 3 N–H and O–H groups in total. The molecule has 29 heavy (non-hydrogen) atoms. The molecule has 0 spiro atoms. The summed E-state index contributed by atoms with van der Waals surface area (Å²) < 4.78 is 10.6. The molecule has 0 radical (unpaired) electrons. The molecule has 152 valence electrons. The van der Waals surface area contributed by atoms with E-state index in [1.165, 1.54) is 31.4 Å². The van der Waals surface area contributed by atoms with Crippen LogP contribution < -0.4 is 20.9 Å². The van der Waals surface area contributed by atoms with Crippen molar-refractivity contribution in [1.29, 1.82) is 0 Å². The average Bonchev–Trinajstić information content (AvgIpc) is 2.71. The van der Waals surface area contributed by atoms with Crippen LogP contribution in [0.4, 0.5) is 0 Å². The summed E-state index contributed by atoms with van der Waals surface area (Å²) in [5.74, 6) is -1.23. The monoisotopic (exact) mass is 499 g/mol. The van der Waals surface area contributed by atoms with Gasteiger partial charge >= 0.3 is 5.97 Å². The molecule has 0 bridgehead atoms. The van der Waals surface area contributed by atoms with Crippen LogP contribution in [0.2, 0.25) is 5.02 Å². The third-order valence-corrected chi connectivity index (χ3v) is 4.40. The number of benzene rings is 2. The van der Waals surface area contributed by atoms with E-state index in [4.69, 9.17) is 28.6 Å². The Morgan fingerprint density at radius 2 is 1.83 bits per heavy atom. The third-order valence-electron chi connectivity index (χ3n) is 3.34. The molecule has 2 aromatic carbocycles. The molecule has 0 aromatic heterocycles. The molecule has 11 heteroatoms. The summed E-state index contributed by atoms with van der Waals surface area (Å²) >= 11 is 14.1.